The lowest BCUT2D eigenvalue weighted by atomic mass is 10.0. The molecule has 3 aromatic carbocycles. The van der Waals surface area contributed by atoms with Crippen molar-refractivity contribution < 1.29 is 38.2 Å². The number of para-hydroxylation sites is 2. The fourth-order valence-corrected chi connectivity index (χ4v) is 6.52. The number of rotatable bonds is 6. The third-order valence-corrected chi connectivity index (χ3v) is 9.57. The van der Waals surface area contributed by atoms with Crippen LogP contribution in [0.15, 0.2) is 78.9 Å². The van der Waals surface area contributed by atoms with Crippen LogP contribution in [0.5, 0.6) is 11.5 Å². The van der Waals surface area contributed by atoms with Crippen LogP contribution in [0, 0.1) is 0 Å². The highest BCUT2D eigenvalue weighted by Gasteiger charge is 2.30. The molecule has 2 heterocycles. The SMILES string of the molecule is COCCN1CCN(C(=O)[C@@H]2CCC(=O)N[C@H](Cc3ccccc3)COc3ccccc3C(=O)N(C)CC(=O)NCCCOc3ccccc3C(=O)N2)CC1. The number of amides is 5. The van der Waals surface area contributed by atoms with Crippen molar-refractivity contribution in [1.82, 2.24) is 30.7 Å². The number of fused-ring (bicyclic) bond motifs is 2. The van der Waals surface area contributed by atoms with E-state index in [-0.39, 0.29) is 68.0 Å². The molecule has 14 nitrogen and oxygen atoms in total. The van der Waals surface area contributed by atoms with Gasteiger partial charge in [0, 0.05) is 59.8 Å². The van der Waals surface area contributed by atoms with Crippen molar-refractivity contribution in [2.45, 2.75) is 37.8 Å². The molecule has 55 heavy (non-hydrogen) atoms. The van der Waals surface area contributed by atoms with Crippen molar-refractivity contribution in [3.63, 3.8) is 0 Å². The first kappa shape index (κ1) is 40.7. The molecule has 2 aliphatic rings. The van der Waals surface area contributed by atoms with Gasteiger partial charge in [-0.1, -0.05) is 54.6 Å². The Morgan fingerprint density at radius 2 is 1.49 bits per heavy atom. The van der Waals surface area contributed by atoms with Crippen LogP contribution >= 0.6 is 0 Å². The van der Waals surface area contributed by atoms with Gasteiger partial charge in [0.25, 0.3) is 11.8 Å². The van der Waals surface area contributed by atoms with E-state index in [1.165, 1.54) is 4.90 Å². The van der Waals surface area contributed by atoms with E-state index in [0.29, 0.717) is 57.1 Å². The maximum absolute atomic E-state index is 14.0. The zero-order valence-corrected chi connectivity index (χ0v) is 31.7. The lowest BCUT2D eigenvalue weighted by Gasteiger charge is -2.36. The number of benzene rings is 3. The molecule has 294 valence electrons. The lowest BCUT2D eigenvalue weighted by Crippen LogP contribution is -2.55. The predicted octanol–water partition coefficient (Wildman–Crippen LogP) is 2.13. The largest absolute Gasteiger partial charge is 0.493 e. The van der Waals surface area contributed by atoms with Gasteiger partial charge in [-0.05, 0) is 49.1 Å². The molecule has 3 aromatic rings. The maximum atomic E-state index is 14.0. The predicted molar refractivity (Wildman–Crippen MR) is 206 cm³/mol. The van der Waals surface area contributed by atoms with Crippen LogP contribution in [0.2, 0.25) is 0 Å². The second kappa shape index (κ2) is 20.8. The number of likely N-dealkylation sites (N-methyl/N-ethyl adjacent to an activating group) is 1. The van der Waals surface area contributed by atoms with E-state index in [4.69, 9.17) is 14.2 Å². The Bertz CT molecular complexity index is 1750. The molecular formula is C41H52N6O8. The minimum atomic E-state index is -0.979. The minimum Gasteiger partial charge on any atom is -0.493 e. The molecule has 0 radical (unpaired) electrons. The number of nitrogens with zero attached hydrogens (tertiary/aromatic N) is 3. The number of piperazine rings is 1. The molecule has 2 aliphatic heterocycles. The first-order valence-corrected chi connectivity index (χ1v) is 18.8. The third-order valence-electron chi connectivity index (χ3n) is 9.57. The second-order valence-corrected chi connectivity index (χ2v) is 13.7. The summed E-state index contributed by atoms with van der Waals surface area (Å²) in [6.07, 6.45) is 0.888. The summed E-state index contributed by atoms with van der Waals surface area (Å²) in [7, 11) is 3.20. The Balaban J connectivity index is 1.38. The van der Waals surface area contributed by atoms with Crippen LogP contribution in [-0.4, -0.2) is 136 Å². The monoisotopic (exact) mass is 756 g/mol. The van der Waals surface area contributed by atoms with Crippen LogP contribution in [0.4, 0.5) is 0 Å². The van der Waals surface area contributed by atoms with E-state index >= 15 is 0 Å². The lowest BCUT2D eigenvalue weighted by molar-refractivity contribution is -0.135. The van der Waals surface area contributed by atoms with Gasteiger partial charge in [-0.2, -0.15) is 0 Å². The van der Waals surface area contributed by atoms with E-state index in [1.807, 2.05) is 30.3 Å². The Morgan fingerprint density at radius 1 is 0.818 bits per heavy atom. The maximum Gasteiger partial charge on any atom is 0.257 e. The number of hydrogen-bond donors (Lipinski definition) is 3. The van der Waals surface area contributed by atoms with Crippen molar-refractivity contribution in [3.8, 4) is 11.5 Å². The highest BCUT2D eigenvalue weighted by atomic mass is 16.5. The number of ether oxygens (including phenoxy) is 3. The minimum absolute atomic E-state index is 0.0400. The van der Waals surface area contributed by atoms with E-state index in [1.54, 1.807) is 67.6 Å². The molecule has 0 aromatic heterocycles. The van der Waals surface area contributed by atoms with Crippen LogP contribution in [-0.2, 0) is 25.5 Å². The highest BCUT2D eigenvalue weighted by molar-refractivity contribution is 6.00. The van der Waals surface area contributed by atoms with E-state index in [9.17, 15) is 24.0 Å². The number of hydrogen-bond acceptors (Lipinski definition) is 9. The molecule has 5 rings (SSSR count). The van der Waals surface area contributed by atoms with Crippen molar-refractivity contribution >= 4 is 29.5 Å². The van der Waals surface area contributed by atoms with Crippen LogP contribution in [0.1, 0.15) is 45.5 Å². The summed E-state index contributed by atoms with van der Waals surface area (Å²) in [5.74, 6) is -1.17. The number of carbonyl (C=O) groups is 5. The van der Waals surface area contributed by atoms with Gasteiger partial charge in [-0.15, -0.1) is 0 Å². The molecule has 0 spiro atoms. The average molecular weight is 757 g/mol. The number of methoxy groups -OCH3 is 1. The fraction of sp³-hybridized carbons (Fsp3) is 0.439. The van der Waals surface area contributed by atoms with Gasteiger partial charge in [-0.25, -0.2) is 0 Å². The van der Waals surface area contributed by atoms with Gasteiger partial charge in [0.15, 0.2) is 0 Å². The molecule has 5 amide bonds. The fourth-order valence-electron chi connectivity index (χ4n) is 6.52. The molecule has 2 atom stereocenters. The Hall–Kier alpha value is -5.47. The van der Waals surface area contributed by atoms with Gasteiger partial charge < -0.3 is 40.0 Å². The van der Waals surface area contributed by atoms with Crippen molar-refractivity contribution in [2.24, 2.45) is 0 Å². The summed E-state index contributed by atoms with van der Waals surface area (Å²) in [4.78, 5) is 73.0. The molecule has 0 unspecified atom stereocenters. The van der Waals surface area contributed by atoms with Crippen molar-refractivity contribution in [3.05, 3.63) is 95.6 Å². The number of nitrogens with one attached hydrogen (secondary N) is 3. The summed E-state index contributed by atoms with van der Waals surface area (Å²) < 4.78 is 17.4. The quantitative estimate of drug-likeness (QED) is 0.343. The number of carbonyl (C=O) groups excluding carboxylic acids is 5. The smallest absolute Gasteiger partial charge is 0.257 e. The summed E-state index contributed by atoms with van der Waals surface area (Å²) in [5, 5.41) is 8.80. The Kier molecular flexibility index (Phi) is 15.4. The zero-order chi connectivity index (χ0) is 39.0. The molecule has 14 heteroatoms. The first-order valence-electron chi connectivity index (χ1n) is 18.8. The molecule has 0 bridgehead atoms. The summed E-state index contributed by atoms with van der Waals surface area (Å²) in [5.41, 5.74) is 1.50. The van der Waals surface area contributed by atoms with E-state index < -0.39 is 23.9 Å². The standard InChI is InChI=1S/C41H52N6O8/c1-45-28-38(49)42-19-10-25-54-35-15-8-6-13-32(35)39(50)44-34(41(52)47-22-20-46(21-23-47)24-26-53-2)17-18-37(48)43-31(27-30-11-4-3-5-12-30)29-55-36-16-9-7-14-33(36)40(45)51/h3-9,11-16,31,34H,10,17-29H2,1-2H3,(H,42,49)(H,43,48)(H,44,50)/t31-,34+/m1/s1. The summed E-state index contributed by atoms with van der Waals surface area (Å²) >= 11 is 0. The third kappa shape index (κ3) is 12.3. The zero-order valence-electron chi connectivity index (χ0n) is 31.7. The molecular weight excluding hydrogens is 704 g/mol. The molecule has 1 fully saturated rings. The second-order valence-electron chi connectivity index (χ2n) is 13.7. The Morgan fingerprint density at radius 3 is 2.22 bits per heavy atom. The molecule has 0 aliphatic carbocycles. The van der Waals surface area contributed by atoms with E-state index in [0.717, 1.165) is 12.1 Å². The van der Waals surface area contributed by atoms with Crippen molar-refractivity contribution in [1.29, 1.82) is 0 Å². The van der Waals surface area contributed by atoms with Crippen molar-refractivity contribution in [2.75, 3.05) is 79.8 Å². The topological polar surface area (TPSA) is 159 Å². The Labute approximate surface area is 322 Å². The molecule has 0 saturated carbocycles. The normalized spacial score (nSPS) is 20.1. The molecule has 1 saturated heterocycles. The van der Waals surface area contributed by atoms with Gasteiger partial charge in [0.2, 0.25) is 17.7 Å². The van der Waals surface area contributed by atoms with Crippen LogP contribution in [0.3, 0.4) is 0 Å². The van der Waals surface area contributed by atoms with Crippen LogP contribution < -0.4 is 25.4 Å². The highest BCUT2D eigenvalue weighted by Crippen LogP contribution is 2.22. The summed E-state index contributed by atoms with van der Waals surface area (Å²) in [6.45, 7) is 3.99. The van der Waals surface area contributed by atoms with Gasteiger partial charge >= 0.3 is 0 Å². The van der Waals surface area contributed by atoms with Gasteiger partial charge in [0.1, 0.15) is 24.1 Å². The first-order chi connectivity index (χ1) is 26.7. The van der Waals surface area contributed by atoms with Gasteiger partial charge in [0.05, 0.1) is 36.9 Å². The molecule has 3 N–H and O–H groups in total. The van der Waals surface area contributed by atoms with Crippen LogP contribution in [0.25, 0.3) is 0 Å². The van der Waals surface area contributed by atoms with Gasteiger partial charge in [-0.3, -0.25) is 28.9 Å². The summed E-state index contributed by atoms with van der Waals surface area (Å²) in [6, 6.07) is 21.7. The van der Waals surface area contributed by atoms with E-state index in [2.05, 4.69) is 20.9 Å². The average Bonchev–Trinajstić information content (AvgIpc) is 3.20.